The number of nitro groups is 1. The lowest BCUT2D eigenvalue weighted by atomic mass is 10.1. The van der Waals surface area contributed by atoms with Crippen LogP contribution >= 0.6 is 11.8 Å². The molecule has 0 saturated carbocycles. The quantitative estimate of drug-likeness (QED) is 0.309. The second-order valence-corrected chi connectivity index (χ2v) is 6.90. The summed E-state index contributed by atoms with van der Waals surface area (Å²) in [6.45, 7) is 0. The fraction of sp³-hybridized carbons (Fsp3) is 0.211. The smallest absolute Gasteiger partial charge is 0.277 e. The molecule has 1 aromatic heterocycles. The van der Waals surface area contributed by atoms with Crippen LogP contribution in [0.5, 0.6) is 11.5 Å². The maximum atomic E-state index is 12.1. The van der Waals surface area contributed by atoms with E-state index in [2.05, 4.69) is 15.5 Å². The molecule has 0 fully saturated rings. The number of methoxy groups -OCH3 is 2. The van der Waals surface area contributed by atoms with E-state index in [1.165, 1.54) is 24.3 Å². The molecule has 0 spiro atoms. The molecule has 3 rings (SSSR count). The first-order valence-electron chi connectivity index (χ1n) is 8.69. The van der Waals surface area contributed by atoms with Gasteiger partial charge in [-0.25, -0.2) is 0 Å². The van der Waals surface area contributed by atoms with Crippen molar-refractivity contribution < 1.29 is 23.6 Å². The summed E-state index contributed by atoms with van der Waals surface area (Å²) >= 11 is 1.10. The summed E-state index contributed by atoms with van der Waals surface area (Å²) in [7, 11) is 3.13. The van der Waals surface area contributed by atoms with Crippen molar-refractivity contribution >= 4 is 29.0 Å². The van der Waals surface area contributed by atoms with Crippen LogP contribution in [0.3, 0.4) is 0 Å². The topological polar surface area (TPSA) is 130 Å². The van der Waals surface area contributed by atoms with E-state index in [-0.39, 0.29) is 22.6 Å². The van der Waals surface area contributed by atoms with Gasteiger partial charge in [0, 0.05) is 17.8 Å². The van der Waals surface area contributed by atoms with Crippen molar-refractivity contribution in [1.82, 2.24) is 10.2 Å². The van der Waals surface area contributed by atoms with Gasteiger partial charge in [0.25, 0.3) is 10.9 Å². The summed E-state index contributed by atoms with van der Waals surface area (Å²) in [6, 6.07) is 11.1. The molecule has 30 heavy (non-hydrogen) atoms. The highest BCUT2D eigenvalue weighted by Crippen LogP contribution is 2.28. The van der Waals surface area contributed by atoms with E-state index in [0.717, 1.165) is 17.3 Å². The number of thioether (sulfide) groups is 1. The number of benzene rings is 2. The summed E-state index contributed by atoms with van der Waals surface area (Å²) in [5.41, 5.74) is 1.32. The van der Waals surface area contributed by atoms with Gasteiger partial charge in [0.05, 0.1) is 31.3 Å². The third-order valence-corrected chi connectivity index (χ3v) is 4.76. The molecule has 10 nitrogen and oxygen atoms in total. The summed E-state index contributed by atoms with van der Waals surface area (Å²) in [4.78, 5) is 22.2. The first kappa shape index (κ1) is 21.1. The summed E-state index contributed by atoms with van der Waals surface area (Å²) in [5, 5.41) is 21.5. The summed E-state index contributed by atoms with van der Waals surface area (Å²) < 4.78 is 16.1. The maximum Gasteiger partial charge on any atom is 0.277 e. The molecule has 0 aliphatic carbocycles. The van der Waals surface area contributed by atoms with Gasteiger partial charge in [0.2, 0.25) is 11.8 Å². The van der Waals surface area contributed by atoms with E-state index in [1.54, 1.807) is 20.3 Å². The maximum absolute atomic E-state index is 12.1. The number of carbonyl (C=O) groups is 1. The van der Waals surface area contributed by atoms with Crippen LogP contribution < -0.4 is 14.8 Å². The highest BCUT2D eigenvalue weighted by Gasteiger charge is 2.13. The normalized spacial score (nSPS) is 10.5. The number of nitro benzene ring substituents is 1. The van der Waals surface area contributed by atoms with Crippen molar-refractivity contribution in [2.24, 2.45) is 0 Å². The number of amides is 1. The Balaban J connectivity index is 1.53. The molecule has 0 atom stereocenters. The SMILES string of the molecule is COc1ccc(Cc2nnc(SCC(=O)Nc3ccc([N+](=O)[O-])cc3)o2)cc1OC. The van der Waals surface area contributed by atoms with Crippen molar-refractivity contribution in [2.75, 3.05) is 25.3 Å². The van der Waals surface area contributed by atoms with Crippen LogP contribution in [0.1, 0.15) is 11.5 Å². The fourth-order valence-corrected chi connectivity index (χ4v) is 3.10. The van der Waals surface area contributed by atoms with Gasteiger partial charge < -0.3 is 19.2 Å². The molecular weight excluding hydrogens is 412 g/mol. The Labute approximate surface area is 175 Å². The van der Waals surface area contributed by atoms with Crippen LogP contribution in [0.25, 0.3) is 0 Å². The van der Waals surface area contributed by atoms with E-state index in [1.807, 2.05) is 12.1 Å². The molecule has 0 unspecified atom stereocenters. The number of non-ortho nitro benzene ring substituents is 1. The number of nitrogens with one attached hydrogen (secondary N) is 1. The number of aromatic nitrogens is 2. The number of anilines is 1. The van der Waals surface area contributed by atoms with Crippen LogP contribution in [-0.2, 0) is 11.2 Å². The van der Waals surface area contributed by atoms with Crippen molar-refractivity contribution in [3.8, 4) is 11.5 Å². The van der Waals surface area contributed by atoms with Crippen LogP contribution in [0, 0.1) is 10.1 Å². The average molecular weight is 430 g/mol. The van der Waals surface area contributed by atoms with Crippen molar-refractivity contribution in [3.63, 3.8) is 0 Å². The fourth-order valence-electron chi connectivity index (χ4n) is 2.52. The van der Waals surface area contributed by atoms with Gasteiger partial charge in [0.1, 0.15) is 0 Å². The van der Waals surface area contributed by atoms with E-state index in [0.29, 0.717) is 29.5 Å². The number of carbonyl (C=O) groups excluding carboxylic acids is 1. The number of hydrogen-bond donors (Lipinski definition) is 1. The van der Waals surface area contributed by atoms with E-state index >= 15 is 0 Å². The van der Waals surface area contributed by atoms with Crippen LogP contribution in [0.15, 0.2) is 52.1 Å². The molecule has 156 valence electrons. The molecule has 11 heteroatoms. The molecule has 0 bridgehead atoms. The zero-order valence-electron chi connectivity index (χ0n) is 16.2. The largest absolute Gasteiger partial charge is 0.493 e. The van der Waals surface area contributed by atoms with Gasteiger partial charge in [-0.15, -0.1) is 10.2 Å². The third-order valence-electron chi connectivity index (χ3n) is 3.94. The molecule has 3 aromatic rings. The highest BCUT2D eigenvalue weighted by molar-refractivity contribution is 7.99. The number of nitrogens with zero attached hydrogens (tertiary/aromatic N) is 3. The van der Waals surface area contributed by atoms with Gasteiger partial charge in [-0.1, -0.05) is 17.8 Å². The Kier molecular flexibility index (Phi) is 6.86. The van der Waals surface area contributed by atoms with E-state index < -0.39 is 4.92 Å². The molecule has 1 amide bonds. The van der Waals surface area contributed by atoms with Gasteiger partial charge in [-0.2, -0.15) is 0 Å². The molecular formula is C19H18N4O6S. The zero-order chi connectivity index (χ0) is 21.5. The van der Waals surface area contributed by atoms with Crippen molar-refractivity contribution in [2.45, 2.75) is 11.6 Å². The van der Waals surface area contributed by atoms with E-state index in [9.17, 15) is 14.9 Å². The predicted octanol–water partition coefficient (Wildman–Crippen LogP) is 3.32. The molecule has 0 aliphatic heterocycles. The second kappa shape index (κ2) is 9.74. The lowest BCUT2D eigenvalue weighted by molar-refractivity contribution is -0.384. The number of ether oxygens (including phenoxy) is 2. The molecule has 1 heterocycles. The first-order chi connectivity index (χ1) is 14.5. The van der Waals surface area contributed by atoms with Crippen molar-refractivity contribution in [3.05, 3.63) is 64.0 Å². The third kappa shape index (κ3) is 5.47. The lowest BCUT2D eigenvalue weighted by Gasteiger charge is -2.08. The van der Waals surface area contributed by atoms with Gasteiger partial charge >= 0.3 is 0 Å². The van der Waals surface area contributed by atoms with Crippen LogP contribution in [0.2, 0.25) is 0 Å². The van der Waals surface area contributed by atoms with E-state index in [4.69, 9.17) is 13.9 Å². The Morgan fingerprint density at radius 3 is 2.53 bits per heavy atom. The lowest BCUT2D eigenvalue weighted by Crippen LogP contribution is -2.13. The zero-order valence-corrected chi connectivity index (χ0v) is 17.0. The minimum atomic E-state index is -0.503. The molecule has 1 N–H and O–H groups in total. The van der Waals surface area contributed by atoms with Crippen LogP contribution in [0.4, 0.5) is 11.4 Å². The monoisotopic (exact) mass is 430 g/mol. The standard InChI is InChI=1S/C19H18N4O6S/c1-27-15-8-3-12(9-16(15)28-2)10-18-21-22-19(29-18)30-11-17(24)20-13-4-6-14(7-5-13)23(25)26/h3-9H,10-11H2,1-2H3,(H,20,24). The molecule has 0 aliphatic rings. The van der Waals surface area contributed by atoms with Gasteiger partial charge in [-0.3, -0.25) is 14.9 Å². The minimum absolute atomic E-state index is 0.0461. The Morgan fingerprint density at radius 1 is 1.13 bits per heavy atom. The van der Waals surface area contributed by atoms with Gasteiger partial charge in [-0.05, 0) is 29.8 Å². The highest BCUT2D eigenvalue weighted by atomic mass is 32.2. The minimum Gasteiger partial charge on any atom is -0.493 e. The summed E-state index contributed by atoms with van der Waals surface area (Å²) in [5.74, 6) is 1.39. The second-order valence-electron chi connectivity index (χ2n) is 5.97. The molecule has 2 aromatic carbocycles. The Hall–Kier alpha value is -3.60. The average Bonchev–Trinajstić information content (AvgIpc) is 3.19. The Morgan fingerprint density at radius 2 is 1.87 bits per heavy atom. The predicted molar refractivity (Wildman–Crippen MR) is 109 cm³/mol. The van der Waals surface area contributed by atoms with Crippen molar-refractivity contribution in [1.29, 1.82) is 0 Å². The Bertz CT molecular complexity index is 1040. The molecule has 0 radical (unpaired) electrons. The van der Waals surface area contributed by atoms with Gasteiger partial charge in [0.15, 0.2) is 11.5 Å². The molecule has 0 saturated heterocycles. The number of hydrogen-bond acceptors (Lipinski definition) is 9. The first-order valence-corrected chi connectivity index (χ1v) is 9.67. The van der Waals surface area contributed by atoms with Crippen LogP contribution in [-0.4, -0.2) is 41.0 Å². The number of rotatable bonds is 9. The summed E-state index contributed by atoms with van der Waals surface area (Å²) in [6.07, 6.45) is 0.406.